The number of hydrogen-bond acceptors (Lipinski definition) is 7. The van der Waals surface area contributed by atoms with Crippen molar-refractivity contribution in [3.8, 4) is 17.2 Å². The Kier molecular flexibility index (Phi) is 8.58. The number of carbonyl (C=O) groups excluding carboxylic acids is 1. The molecule has 1 heterocycles. The maximum absolute atomic E-state index is 13.2. The lowest BCUT2D eigenvalue weighted by atomic mass is 10.1. The SMILES string of the molecule is COc1cc(/C=C2\S/C(=N\c3ccccc3)N(CCCCCCN)C2=O)cc(OC)c1O. The predicted octanol–water partition coefficient (Wildman–Crippen LogP) is 4.53. The molecule has 0 unspecified atom stereocenters. The first-order valence-electron chi connectivity index (χ1n) is 10.6. The van der Waals surface area contributed by atoms with Gasteiger partial charge in [0.1, 0.15) is 0 Å². The van der Waals surface area contributed by atoms with E-state index in [1.807, 2.05) is 30.3 Å². The largest absolute Gasteiger partial charge is 0.502 e. The van der Waals surface area contributed by atoms with Crippen molar-refractivity contribution in [2.45, 2.75) is 25.7 Å². The third-order valence-corrected chi connectivity index (χ3v) is 6.01. The molecule has 2 aromatic rings. The maximum atomic E-state index is 13.2. The highest BCUT2D eigenvalue weighted by atomic mass is 32.2. The number of ether oxygens (including phenoxy) is 2. The highest BCUT2D eigenvalue weighted by Gasteiger charge is 2.33. The van der Waals surface area contributed by atoms with E-state index in [0.29, 0.717) is 28.7 Å². The number of rotatable bonds is 10. The first-order valence-corrected chi connectivity index (χ1v) is 11.4. The standard InChI is InChI=1S/C24H29N3O4S/c1-30-19-14-17(15-20(31-2)22(19)28)16-21-23(29)27(13-9-4-3-8-12-25)24(32-21)26-18-10-6-5-7-11-18/h5-7,10-11,14-16,28H,3-4,8-9,12-13,25H2,1-2H3/b21-16-,26-24-. The number of phenols is 1. The van der Waals surface area contributed by atoms with Gasteiger partial charge in [-0.2, -0.15) is 0 Å². The summed E-state index contributed by atoms with van der Waals surface area (Å²) in [6.07, 6.45) is 5.70. The van der Waals surface area contributed by atoms with Crippen LogP contribution in [-0.2, 0) is 4.79 Å². The molecule has 1 fully saturated rings. The van der Waals surface area contributed by atoms with Crippen LogP contribution >= 0.6 is 11.8 Å². The summed E-state index contributed by atoms with van der Waals surface area (Å²) < 4.78 is 10.5. The number of para-hydroxylation sites is 1. The molecule has 0 aliphatic carbocycles. The van der Waals surface area contributed by atoms with Gasteiger partial charge in [-0.15, -0.1) is 0 Å². The van der Waals surface area contributed by atoms with Crippen LogP contribution in [0.2, 0.25) is 0 Å². The van der Waals surface area contributed by atoms with Crippen molar-refractivity contribution in [2.24, 2.45) is 10.7 Å². The lowest BCUT2D eigenvalue weighted by molar-refractivity contribution is -0.122. The number of thioether (sulfide) groups is 1. The van der Waals surface area contributed by atoms with Crippen molar-refractivity contribution in [1.29, 1.82) is 0 Å². The summed E-state index contributed by atoms with van der Waals surface area (Å²) in [7, 11) is 2.94. The number of amidine groups is 1. The second-order valence-corrected chi connectivity index (χ2v) is 8.28. The van der Waals surface area contributed by atoms with E-state index in [2.05, 4.69) is 0 Å². The van der Waals surface area contributed by atoms with Crippen LogP contribution in [0.4, 0.5) is 5.69 Å². The number of aromatic hydroxyl groups is 1. The lowest BCUT2D eigenvalue weighted by Crippen LogP contribution is -2.30. The van der Waals surface area contributed by atoms with Gasteiger partial charge < -0.3 is 20.3 Å². The van der Waals surface area contributed by atoms with E-state index in [1.165, 1.54) is 26.0 Å². The fourth-order valence-electron chi connectivity index (χ4n) is 3.32. The van der Waals surface area contributed by atoms with Crippen molar-refractivity contribution >= 4 is 34.6 Å². The van der Waals surface area contributed by atoms with Crippen LogP contribution in [0.15, 0.2) is 52.4 Å². The summed E-state index contributed by atoms with van der Waals surface area (Å²) in [4.78, 5) is 20.2. The second kappa shape index (κ2) is 11.6. The number of nitrogens with zero attached hydrogens (tertiary/aromatic N) is 2. The minimum Gasteiger partial charge on any atom is -0.502 e. The number of carbonyl (C=O) groups is 1. The van der Waals surface area contributed by atoms with Gasteiger partial charge in [-0.1, -0.05) is 31.0 Å². The lowest BCUT2D eigenvalue weighted by Gasteiger charge is -2.15. The number of methoxy groups -OCH3 is 2. The van der Waals surface area contributed by atoms with E-state index in [-0.39, 0.29) is 23.2 Å². The minimum absolute atomic E-state index is 0.0759. The molecule has 1 aliphatic rings. The number of hydrogen-bond donors (Lipinski definition) is 2. The van der Waals surface area contributed by atoms with E-state index in [4.69, 9.17) is 20.2 Å². The third kappa shape index (κ3) is 5.83. The topological polar surface area (TPSA) is 97.4 Å². The molecule has 0 saturated carbocycles. The molecule has 2 aromatic carbocycles. The highest BCUT2D eigenvalue weighted by molar-refractivity contribution is 8.18. The minimum atomic E-state index is -0.0884. The number of benzene rings is 2. The molecule has 0 spiro atoms. The molecule has 8 heteroatoms. The van der Waals surface area contributed by atoms with E-state index >= 15 is 0 Å². The zero-order valence-electron chi connectivity index (χ0n) is 18.4. The Hall–Kier alpha value is -2.97. The van der Waals surface area contributed by atoms with Gasteiger partial charge in [0.15, 0.2) is 16.7 Å². The number of amides is 1. The van der Waals surface area contributed by atoms with Crippen LogP contribution in [0.1, 0.15) is 31.2 Å². The van der Waals surface area contributed by atoms with Crippen LogP contribution in [0, 0.1) is 0 Å². The molecule has 0 atom stereocenters. The van der Waals surface area contributed by atoms with Crippen molar-refractivity contribution in [1.82, 2.24) is 4.90 Å². The van der Waals surface area contributed by atoms with E-state index in [0.717, 1.165) is 31.4 Å². The Morgan fingerprint density at radius 3 is 2.34 bits per heavy atom. The highest BCUT2D eigenvalue weighted by Crippen LogP contribution is 2.40. The van der Waals surface area contributed by atoms with Crippen molar-refractivity contribution < 1.29 is 19.4 Å². The van der Waals surface area contributed by atoms with Crippen LogP contribution in [-0.4, -0.2) is 48.4 Å². The van der Waals surface area contributed by atoms with Crippen molar-refractivity contribution in [3.05, 3.63) is 52.9 Å². The predicted molar refractivity (Wildman–Crippen MR) is 130 cm³/mol. The van der Waals surface area contributed by atoms with Gasteiger partial charge in [0, 0.05) is 6.54 Å². The van der Waals surface area contributed by atoms with Gasteiger partial charge in [-0.25, -0.2) is 4.99 Å². The third-order valence-electron chi connectivity index (χ3n) is 5.00. The summed E-state index contributed by atoms with van der Waals surface area (Å²) in [5.41, 5.74) is 7.06. The molecule has 1 aliphatic heterocycles. The zero-order chi connectivity index (χ0) is 22.9. The molecular formula is C24H29N3O4S. The molecule has 0 aromatic heterocycles. The Morgan fingerprint density at radius 1 is 1.06 bits per heavy atom. The molecule has 170 valence electrons. The van der Waals surface area contributed by atoms with Gasteiger partial charge in [-0.05, 0) is 67.1 Å². The Morgan fingerprint density at radius 2 is 1.72 bits per heavy atom. The average Bonchev–Trinajstić information content (AvgIpc) is 3.09. The summed E-state index contributed by atoms with van der Waals surface area (Å²) >= 11 is 1.34. The Bertz CT molecular complexity index is 967. The van der Waals surface area contributed by atoms with E-state index in [1.54, 1.807) is 23.1 Å². The molecule has 1 amide bonds. The van der Waals surface area contributed by atoms with Gasteiger partial charge >= 0.3 is 0 Å². The van der Waals surface area contributed by atoms with Crippen LogP contribution in [0.5, 0.6) is 17.2 Å². The van der Waals surface area contributed by atoms with E-state index < -0.39 is 0 Å². The number of aliphatic imine (C=N–C) groups is 1. The Balaban J connectivity index is 1.89. The summed E-state index contributed by atoms with van der Waals surface area (Å²) in [6, 6.07) is 12.9. The molecule has 32 heavy (non-hydrogen) atoms. The first kappa shape index (κ1) is 23.7. The molecule has 1 saturated heterocycles. The average molecular weight is 456 g/mol. The van der Waals surface area contributed by atoms with Gasteiger partial charge in [0.2, 0.25) is 5.75 Å². The van der Waals surface area contributed by atoms with Gasteiger partial charge in [-0.3, -0.25) is 9.69 Å². The first-order chi connectivity index (χ1) is 15.6. The summed E-state index contributed by atoms with van der Waals surface area (Å²) in [5.74, 6) is 0.394. The molecule has 0 radical (unpaired) electrons. The molecule has 3 rings (SSSR count). The Labute approximate surface area is 192 Å². The van der Waals surface area contributed by atoms with Crippen LogP contribution in [0.3, 0.4) is 0 Å². The molecular weight excluding hydrogens is 426 g/mol. The number of unbranched alkanes of at least 4 members (excludes halogenated alkanes) is 3. The quantitative estimate of drug-likeness (QED) is 0.403. The van der Waals surface area contributed by atoms with Crippen LogP contribution in [0.25, 0.3) is 6.08 Å². The van der Waals surface area contributed by atoms with Crippen molar-refractivity contribution in [2.75, 3.05) is 27.3 Å². The summed E-state index contributed by atoms with van der Waals surface area (Å²) in [5, 5.41) is 10.8. The fraction of sp³-hybridized carbons (Fsp3) is 0.333. The normalized spacial score (nSPS) is 16.2. The number of nitrogens with two attached hydrogens (primary N) is 1. The molecule has 3 N–H and O–H groups in total. The van der Waals surface area contributed by atoms with Crippen LogP contribution < -0.4 is 15.2 Å². The zero-order valence-corrected chi connectivity index (χ0v) is 19.2. The maximum Gasteiger partial charge on any atom is 0.266 e. The van der Waals surface area contributed by atoms with Gasteiger partial charge in [0.05, 0.1) is 24.8 Å². The smallest absolute Gasteiger partial charge is 0.266 e. The van der Waals surface area contributed by atoms with Gasteiger partial charge in [0.25, 0.3) is 5.91 Å². The van der Waals surface area contributed by atoms with Crippen molar-refractivity contribution in [3.63, 3.8) is 0 Å². The fourth-order valence-corrected chi connectivity index (χ4v) is 4.34. The van der Waals surface area contributed by atoms with E-state index in [9.17, 15) is 9.90 Å². The summed E-state index contributed by atoms with van der Waals surface area (Å²) in [6.45, 7) is 1.29. The number of phenolic OH excluding ortho intramolecular Hbond substituents is 1. The molecule has 7 nitrogen and oxygen atoms in total. The second-order valence-electron chi connectivity index (χ2n) is 7.27. The molecule has 0 bridgehead atoms. The monoisotopic (exact) mass is 455 g/mol.